The van der Waals surface area contributed by atoms with Crippen LogP contribution in [0.3, 0.4) is 0 Å². The highest BCUT2D eigenvalue weighted by Gasteiger charge is 2.11. The zero-order valence-corrected chi connectivity index (χ0v) is 10.7. The van der Waals surface area contributed by atoms with E-state index in [0.717, 1.165) is 18.7 Å². The van der Waals surface area contributed by atoms with Crippen LogP contribution in [-0.4, -0.2) is 23.9 Å². The molecule has 0 fully saturated rings. The van der Waals surface area contributed by atoms with E-state index in [2.05, 4.69) is 32.0 Å². The summed E-state index contributed by atoms with van der Waals surface area (Å²) in [4.78, 5) is 13.8. The van der Waals surface area contributed by atoms with Crippen molar-refractivity contribution in [3.8, 4) is 0 Å². The van der Waals surface area contributed by atoms with Crippen LogP contribution < -0.4 is 0 Å². The molecule has 0 aliphatic carbocycles. The lowest BCUT2D eigenvalue weighted by Gasteiger charge is -2.19. The van der Waals surface area contributed by atoms with Crippen molar-refractivity contribution >= 4 is 5.91 Å². The number of rotatable bonds is 4. The van der Waals surface area contributed by atoms with E-state index in [9.17, 15) is 4.79 Å². The smallest absolute Gasteiger partial charge is 0.226 e. The molecule has 2 nitrogen and oxygen atoms in total. The molecular formula is C14H21NO. The quantitative estimate of drug-likeness (QED) is 0.762. The average molecular weight is 219 g/mol. The van der Waals surface area contributed by atoms with Crippen molar-refractivity contribution in [1.29, 1.82) is 0 Å². The summed E-state index contributed by atoms with van der Waals surface area (Å²) in [7, 11) is 0. The zero-order chi connectivity index (χ0) is 12.1. The minimum atomic E-state index is 0.219. The van der Waals surface area contributed by atoms with Gasteiger partial charge in [-0.3, -0.25) is 4.79 Å². The van der Waals surface area contributed by atoms with Gasteiger partial charge in [0.1, 0.15) is 0 Å². The highest BCUT2D eigenvalue weighted by Crippen LogP contribution is 2.12. The first kappa shape index (κ1) is 12.8. The number of benzene rings is 1. The second-order valence-corrected chi connectivity index (χ2v) is 4.17. The maximum atomic E-state index is 11.9. The van der Waals surface area contributed by atoms with Gasteiger partial charge < -0.3 is 4.90 Å². The van der Waals surface area contributed by atoms with Crippen LogP contribution in [-0.2, 0) is 11.2 Å². The predicted octanol–water partition coefficient (Wildman–Crippen LogP) is 2.71. The molecule has 88 valence electrons. The minimum absolute atomic E-state index is 0.219. The van der Waals surface area contributed by atoms with Crippen molar-refractivity contribution < 1.29 is 4.79 Å². The zero-order valence-electron chi connectivity index (χ0n) is 10.7. The van der Waals surface area contributed by atoms with E-state index in [-0.39, 0.29) is 5.91 Å². The van der Waals surface area contributed by atoms with Crippen LogP contribution in [0.25, 0.3) is 0 Å². The Morgan fingerprint density at radius 2 is 1.81 bits per heavy atom. The van der Waals surface area contributed by atoms with E-state index in [0.29, 0.717) is 6.42 Å². The van der Waals surface area contributed by atoms with Gasteiger partial charge in [0.2, 0.25) is 5.91 Å². The summed E-state index contributed by atoms with van der Waals surface area (Å²) in [6, 6.07) is 6.26. The summed E-state index contributed by atoms with van der Waals surface area (Å²) in [5, 5.41) is 0. The molecule has 0 radical (unpaired) electrons. The van der Waals surface area contributed by atoms with Gasteiger partial charge in [0.15, 0.2) is 0 Å². The number of hydrogen-bond acceptors (Lipinski definition) is 1. The third-order valence-corrected chi connectivity index (χ3v) is 2.96. The van der Waals surface area contributed by atoms with E-state index in [4.69, 9.17) is 0 Å². The lowest BCUT2D eigenvalue weighted by molar-refractivity contribution is -0.130. The Bertz CT molecular complexity index is 367. The van der Waals surface area contributed by atoms with Gasteiger partial charge in [-0.15, -0.1) is 0 Å². The molecule has 1 aromatic carbocycles. The lowest BCUT2D eigenvalue weighted by atomic mass is 10.0. The van der Waals surface area contributed by atoms with Crippen molar-refractivity contribution in [3.63, 3.8) is 0 Å². The molecule has 0 aromatic heterocycles. The van der Waals surface area contributed by atoms with Gasteiger partial charge in [-0.1, -0.05) is 23.8 Å². The molecular weight excluding hydrogens is 198 g/mol. The molecule has 0 bridgehead atoms. The number of aryl methyl sites for hydroxylation is 2. The Morgan fingerprint density at radius 1 is 1.19 bits per heavy atom. The van der Waals surface area contributed by atoms with E-state index < -0.39 is 0 Å². The molecule has 0 N–H and O–H groups in total. The SMILES string of the molecule is CCN(CC)C(=O)Cc1ccc(C)cc1C. The van der Waals surface area contributed by atoms with Crippen LogP contribution in [0.5, 0.6) is 0 Å². The number of carbonyl (C=O) groups excluding carboxylic acids is 1. The molecule has 0 aliphatic heterocycles. The molecule has 1 amide bonds. The first-order chi connectivity index (χ1) is 7.58. The summed E-state index contributed by atoms with van der Waals surface area (Å²) in [5.41, 5.74) is 3.60. The van der Waals surface area contributed by atoms with E-state index in [1.54, 1.807) is 0 Å². The van der Waals surface area contributed by atoms with Crippen molar-refractivity contribution in [1.82, 2.24) is 4.90 Å². The highest BCUT2D eigenvalue weighted by molar-refractivity contribution is 5.79. The molecule has 2 heteroatoms. The Hall–Kier alpha value is -1.31. The van der Waals surface area contributed by atoms with Crippen LogP contribution in [0.15, 0.2) is 18.2 Å². The van der Waals surface area contributed by atoms with Gasteiger partial charge in [-0.2, -0.15) is 0 Å². The molecule has 1 rings (SSSR count). The second kappa shape index (κ2) is 5.69. The highest BCUT2D eigenvalue weighted by atomic mass is 16.2. The Kier molecular flexibility index (Phi) is 4.53. The molecule has 0 heterocycles. The number of nitrogens with zero attached hydrogens (tertiary/aromatic N) is 1. The fraction of sp³-hybridized carbons (Fsp3) is 0.500. The van der Waals surface area contributed by atoms with E-state index in [1.165, 1.54) is 11.1 Å². The maximum Gasteiger partial charge on any atom is 0.226 e. The van der Waals surface area contributed by atoms with Gasteiger partial charge >= 0.3 is 0 Å². The second-order valence-electron chi connectivity index (χ2n) is 4.17. The summed E-state index contributed by atoms with van der Waals surface area (Å²) < 4.78 is 0. The molecule has 0 aliphatic rings. The Morgan fingerprint density at radius 3 is 2.31 bits per heavy atom. The summed E-state index contributed by atoms with van der Waals surface area (Å²) >= 11 is 0. The predicted molar refractivity (Wildman–Crippen MR) is 67.5 cm³/mol. The van der Waals surface area contributed by atoms with Crippen molar-refractivity contribution in [2.45, 2.75) is 34.1 Å². The monoisotopic (exact) mass is 219 g/mol. The van der Waals surface area contributed by atoms with Crippen LogP contribution in [0.4, 0.5) is 0 Å². The fourth-order valence-corrected chi connectivity index (χ4v) is 1.90. The molecule has 16 heavy (non-hydrogen) atoms. The number of likely N-dealkylation sites (N-methyl/N-ethyl adjacent to an activating group) is 1. The van der Waals surface area contributed by atoms with Gasteiger partial charge in [-0.05, 0) is 38.8 Å². The average Bonchev–Trinajstić information content (AvgIpc) is 2.24. The van der Waals surface area contributed by atoms with Crippen molar-refractivity contribution in [2.24, 2.45) is 0 Å². The van der Waals surface area contributed by atoms with Crippen LogP contribution >= 0.6 is 0 Å². The van der Waals surface area contributed by atoms with Crippen LogP contribution in [0, 0.1) is 13.8 Å². The summed E-state index contributed by atoms with van der Waals surface area (Å²) in [5.74, 6) is 0.219. The minimum Gasteiger partial charge on any atom is -0.343 e. The molecule has 0 spiro atoms. The number of carbonyl (C=O) groups is 1. The summed E-state index contributed by atoms with van der Waals surface area (Å²) in [6.07, 6.45) is 0.522. The van der Waals surface area contributed by atoms with Crippen LogP contribution in [0.1, 0.15) is 30.5 Å². The third kappa shape index (κ3) is 3.09. The first-order valence-electron chi connectivity index (χ1n) is 5.92. The van der Waals surface area contributed by atoms with Gasteiger partial charge in [-0.25, -0.2) is 0 Å². The van der Waals surface area contributed by atoms with Crippen molar-refractivity contribution in [3.05, 3.63) is 34.9 Å². The normalized spacial score (nSPS) is 10.2. The standard InChI is InChI=1S/C14H21NO/c1-5-15(6-2)14(16)10-13-8-7-11(3)9-12(13)4/h7-9H,5-6,10H2,1-4H3. The maximum absolute atomic E-state index is 11.9. The number of hydrogen-bond donors (Lipinski definition) is 0. The number of amides is 1. The van der Waals surface area contributed by atoms with Crippen molar-refractivity contribution in [2.75, 3.05) is 13.1 Å². The summed E-state index contributed by atoms with van der Waals surface area (Å²) in [6.45, 7) is 9.76. The Labute approximate surface area is 98.3 Å². The Balaban J connectivity index is 2.76. The van der Waals surface area contributed by atoms with E-state index >= 15 is 0 Å². The molecule has 0 saturated carbocycles. The van der Waals surface area contributed by atoms with Gasteiger partial charge in [0.25, 0.3) is 0 Å². The molecule has 1 aromatic rings. The van der Waals surface area contributed by atoms with Crippen LogP contribution in [0.2, 0.25) is 0 Å². The van der Waals surface area contributed by atoms with Gasteiger partial charge in [0, 0.05) is 13.1 Å². The largest absolute Gasteiger partial charge is 0.343 e. The molecule has 0 unspecified atom stereocenters. The fourth-order valence-electron chi connectivity index (χ4n) is 1.90. The molecule has 0 saturated heterocycles. The van der Waals surface area contributed by atoms with E-state index in [1.807, 2.05) is 18.7 Å². The third-order valence-electron chi connectivity index (χ3n) is 2.96. The first-order valence-corrected chi connectivity index (χ1v) is 5.92. The molecule has 0 atom stereocenters. The topological polar surface area (TPSA) is 20.3 Å². The van der Waals surface area contributed by atoms with Gasteiger partial charge in [0.05, 0.1) is 6.42 Å². The lowest BCUT2D eigenvalue weighted by Crippen LogP contribution is -2.31.